The van der Waals surface area contributed by atoms with Crippen LogP contribution in [-0.2, 0) is 17.1 Å². The summed E-state index contributed by atoms with van der Waals surface area (Å²) in [6, 6.07) is 17.2. The maximum atomic E-state index is 3.55. The van der Waals surface area contributed by atoms with Crippen molar-refractivity contribution in [1.82, 2.24) is 0 Å². The van der Waals surface area contributed by atoms with E-state index in [1.165, 1.54) is 22.3 Å². The minimum Gasteiger partial charge on any atom is -0.0876 e. The molecule has 0 radical (unpaired) electrons. The van der Waals surface area contributed by atoms with Crippen LogP contribution in [0.1, 0.15) is 22.3 Å². The lowest BCUT2D eigenvalue weighted by molar-refractivity contribution is 1.12. The van der Waals surface area contributed by atoms with E-state index in [9.17, 15) is 0 Å². The molecular formula is C15H14Br2. The highest BCUT2D eigenvalue weighted by molar-refractivity contribution is 9.08. The summed E-state index contributed by atoms with van der Waals surface area (Å²) in [5, 5.41) is 1.83. The van der Waals surface area contributed by atoms with Gasteiger partial charge in [0.25, 0.3) is 0 Å². The molecule has 0 spiro atoms. The lowest BCUT2D eigenvalue weighted by atomic mass is 9.98. The Labute approximate surface area is 119 Å². The Morgan fingerprint density at radius 1 is 0.588 bits per heavy atom. The molecule has 0 heterocycles. The van der Waals surface area contributed by atoms with Crippen molar-refractivity contribution in [3.8, 4) is 0 Å². The Kier molecular flexibility index (Phi) is 4.81. The van der Waals surface area contributed by atoms with E-state index in [4.69, 9.17) is 0 Å². The fourth-order valence-corrected chi connectivity index (χ4v) is 3.02. The first-order valence-electron chi connectivity index (χ1n) is 5.60. The molecule has 88 valence electrons. The monoisotopic (exact) mass is 352 g/mol. The Morgan fingerprint density at radius 3 is 1.29 bits per heavy atom. The molecule has 0 nitrogen and oxygen atoms in total. The smallest absolute Gasteiger partial charge is 0.0285 e. The van der Waals surface area contributed by atoms with Crippen LogP contribution in [0.15, 0.2) is 48.5 Å². The summed E-state index contributed by atoms with van der Waals surface area (Å²) in [6.07, 6.45) is 1.00. The fraction of sp³-hybridized carbons (Fsp3) is 0.200. The van der Waals surface area contributed by atoms with E-state index in [1.807, 2.05) is 0 Å². The first-order valence-corrected chi connectivity index (χ1v) is 7.85. The summed E-state index contributed by atoms with van der Waals surface area (Å²) in [5.41, 5.74) is 5.55. The number of hydrogen-bond donors (Lipinski definition) is 0. The van der Waals surface area contributed by atoms with E-state index >= 15 is 0 Å². The molecule has 2 heteroatoms. The zero-order chi connectivity index (χ0) is 12.1. The molecule has 2 aromatic rings. The van der Waals surface area contributed by atoms with Crippen molar-refractivity contribution >= 4 is 31.9 Å². The molecule has 2 rings (SSSR count). The van der Waals surface area contributed by atoms with Gasteiger partial charge in [0.05, 0.1) is 0 Å². The largest absolute Gasteiger partial charge is 0.0876 e. The molecule has 0 bridgehead atoms. The van der Waals surface area contributed by atoms with Crippen LogP contribution in [0.5, 0.6) is 0 Å². The van der Waals surface area contributed by atoms with Gasteiger partial charge in [0, 0.05) is 10.7 Å². The van der Waals surface area contributed by atoms with Crippen LogP contribution in [0.3, 0.4) is 0 Å². The fourth-order valence-electron chi connectivity index (χ4n) is 1.93. The molecule has 0 aliphatic heterocycles. The SMILES string of the molecule is BrCc1ccccc1Cc1ccccc1CBr. The number of hydrogen-bond acceptors (Lipinski definition) is 0. The Hall–Kier alpha value is -0.600. The third kappa shape index (κ3) is 3.20. The van der Waals surface area contributed by atoms with Gasteiger partial charge < -0.3 is 0 Å². The average molecular weight is 354 g/mol. The Balaban J connectivity index is 2.31. The van der Waals surface area contributed by atoms with Gasteiger partial charge >= 0.3 is 0 Å². The first kappa shape index (κ1) is 12.8. The van der Waals surface area contributed by atoms with E-state index in [0.29, 0.717) is 0 Å². The van der Waals surface area contributed by atoms with E-state index in [1.54, 1.807) is 0 Å². The highest BCUT2D eigenvalue weighted by Gasteiger charge is 2.05. The van der Waals surface area contributed by atoms with E-state index in [2.05, 4.69) is 80.4 Å². The van der Waals surface area contributed by atoms with E-state index in [0.717, 1.165) is 17.1 Å². The van der Waals surface area contributed by atoms with Crippen LogP contribution in [-0.4, -0.2) is 0 Å². The van der Waals surface area contributed by atoms with Crippen molar-refractivity contribution in [3.05, 3.63) is 70.8 Å². The van der Waals surface area contributed by atoms with Gasteiger partial charge in [-0.1, -0.05) is 80.4 Å². The molecule has 0 aliphatic carbocycles. The quantitative estimate of drug-likeness (QED) is 0.673. The lowest BCUT2D eigenvalue weighted by Gasteiger charge is -2.10. The lowest BCUT2D eigenvalue weighted by Crippen LogP contribution is -1.96. The van der Waals surface area contributed by atoms with Crippen molar-refractivity contribution in [1.29, 1.82) is 0 Å². The van der Waals surface area contributed by atoms with Crippen LogP contribution < -0.4 is 0 Å². The van der Waals surface area contributed by atoms with Gasteiger partial charge in [0.15, 0.2) is 0 Å². The minimum atomic E-state index is 0.916. The van der Waals surface area contributed by atoms with Crippen LogP contribution in [0, 0.1) is 0 Å². The maximum absolute atomic E-state index is 3.55. The summed E-state index contributed by atoms with van der Waals surface area (Å²) < 4.78 is 0. The summed E-state index contributed by atoms with van der Waals surface area (Å²) in [6.45, 7) is 0. The zero-order valence-corrected chi connectivity index (χ0v) is 12.7. The Bertz CT molecular complexity index is 446. The highest BCUT2D eigenvalue weighted by atomic mass is 79.9. The van der Waals surface area contributed by atoms with Crippen molar-refractivity contribution in [2.75, 3.05) is 0 Å². The van der Waals surface area contributed by atoms with Crippen molar-refractivity contribution in [2.24, 2.45) is 0 Å². The van der Waals surface area contributed by atoms with Crippen LogP contribution >= 0.6 is 31.9 Å². The van der Waals surface area contributed by atoms with Crippen molar-refractivity contribution in [2.45, 2.75) is 17.1 Å². The molecule has 2 aromatic carbocycles. The number of benzene rings is 2. The van der Waals surface area contributed by atoms with Gasteiger partial charge in [-0.15, -0.1) is 0 Å². The van der Waals surface area contributed by atoms with Gasteiger partial charge in [-0.3, -0.25) is 0 Å². The molecule has 0 saturated heterocycles. The molecule has 0 fully saturated rings. The minimum absolute atomic E-state index is 0.916. The molecule has 0 aliphatic rings. The maximum Gasteiger partial charge on any atom is 0.0285 e. The summed E-state index contributed by atoms with van der Waals surface area (Å²) in [5.74, 6) is 0. The third-order valence-electron chi connectivity index (χ3n) is 2.91. The molecule has 0 unspecified atom stereocenters. The zero-order valence-electron chi connectivity index (χ0n) is 9.50. The van der Waals surface area contributed by atoms with Crippen LogP contribution in [0.25, 0.3) is 0 Å². The summed E-state index contributed by atoms with van der Waals surface area (Å²) in [4.78, 5) is 0. The number of halogens is 2. The second-order valence-corrected chi connectivity index (χ2v) is 5.10. The molecule has 0 aromatic heterocycles. The third-order valence-corrected chi connectivity index (χ3v) is 4.11. The normalized spacial score (nSPS) is 10.5. The van der Waals surface area contributed by atoms with Crippen LogP contribution in [0.4, 0.5) is 0 Å². The predicted octanol–water partition coefficient (Wildman–Crippen LogP) is 5.07. The van der Waals surface area contributed by atoms with Crippen molar-refractivity contribution in [3.63, 3.8) is 0 Å². The van der Waals surface area contributed by atoms with Crippen LogP contribution in [0.2, 0.25) is 0 Å². The number of rotatable bonds is 4. The Morgan fingerprint density at radius 2 is 0.941 bits per heavy atom. The standard InChI is InChI=1S/C15H14Br2/c16-10-14-7-3-1-5-12(14)9-13-6-2-4-8-15(13)11-17/h1-8H,9-11H2. The molecule has 17 heavy (non-hydrogen) atoms. The highest BCUT2D eigenvalue weighted by Crippen LogP contribution is 2.20. The van der Waals surface area contributed by atoms with Gasteiger partial charge in [0.1, 0.15) is 0 Å². The van der Waals surface area contributed by atoms with Gasteiger partial charge in [-0.25, -0.2) is 0 Å². The second-order valence-electron chi connectivity index (χ2n) is 3.98. The number of alkyl halides is 2. The molecule has 0 N–H and O–H groups in total. The molecule has 0 atom stereocenters. The van der Waals surface area contributed by atoms with Gasteiger partial charge in [-0.05, 0) is 28.7 Å². The molecule has 0 amide bonds. The first-order chi connectivity index (χ1) is 8.35. The molecular weight excluding hydrogens is 340 g/mol. The average Bonchev–Trinajstić information content (AvgIpc) is 2.40. The van der Waals surface area contributed by atoms with Crippen molar-refractivity contribution < 1.29 is 0 Å². The summed E-state index contributed by atoms with van der Waals surface area (Å²) in [7, 11) is 0. The predicted molar refractivity (Wildman–Crippen MR) is 81.0 cm³/mol. The second kappa shape index (κ2) is 6.36. The van der Waals surface area contributed by atoms with Gasteiger partial charge in [0.2, 0.25) is 0 Å². The van der Waals surface area contributed by atoms with E-state index in [-0.39, 0.29) is 0 Å². The molecule has 0 saturated carbocycles. The topological polar surface area (TPSA) is 0 Å². The van der Waals surface area contributed by atoms with Gasteiger partial charge in [-0.2, -0.15) is 0 Å². The van der Waals surface area contributed by atoms with E-state index < -0.39 is 0 Å². The summed E-state index contributed by atoms with van der Waals surface area (Å²) >= 11 is 7.10.